The van der Waals surface area contributed by atoms with Crippen molar-refractivity contribution < 1.29 is 9.90 Å². The molecular weight excluding hydrogens is 282 g/mol. The lowest BCUT2D eigenvalue weighted by atomic mass is 10.1. The van der Waals surface area contributed by atoms with Gasteiger partial charge < -0.3 is 10.4 Å². The van der Waals surface area contributed by atoms with Crippen LogP contribution >= 0.6 is 11.3 Å². The Hall–Kier alpha value is -1.49. The van der Waals surface area contributed by atoms with E-state index in [9.17, 15) is 9.90 Å². The molecule has 0 amide bonds. The normalized spacial score (nSPS) is 13.9. The van der Waals surface area contributed by atoms with Gasteiger partial charge in [0.05, 0.1) is 11.0 Å². The summed E-state index contributed by atoms with van der Waals surface area (Å²) in [4.78, 5) is 13.3. The average molecular weight is 303 g/mol. The van der Waals surface area contributed by atoms with Crippen LogP contribution in [0.5, 0.6) is 0 Å². The molecule has 21 heavy (non-hydrogen) atoms. The molecule has 0 fully saturated rings. The van der Waals surface area contributed by atoms with Crippen molar-refractivity contribution in [1.82, 2.24) is 5.32 Å². The van der Waals surface area contributed by atoms with Crippen LogP contribution in [-0.4, -0.2) is 23.5 Å². The van der Waals surface area contributed by atoms with Gasteiger partial charge in [-0.25, -0.2) is 0 Å². The molecule has 4 heteroatoms. The van der Waals surface area contributed by atoms with Crippen LogP contribution in [0.4, 0.5) is 0 Å². The maximum absolute atomic E-state index is 11.3. The number of carbonyl (C=O) groups is 1. The summed E-state index contributed by atoms with van der Waals surface area (Å²) in [6.45, 7) is 4.20. The van der Waals surface area contributed by atoms with Crippen molar-refractivity contribution in [2.45, 2.75) is 32.4 Å². The zero-order valence-corrected chi connectivity index (χ0v) is 13.2. The molecule has 1 aromatic carbocycles. The number of carbonyl (C=O) groups excluding carboxylic acids is 1. The lowest BCUT2D eigenvalue weighted by Crippen LogP contribution is -2.31. The first-order valence-corrected chi connectivity index (χ1v) is 7.94. The Morgan fingerprint density at radius 2 is 1.95 bits per heavy atom. The van der Waals surface area contributed by atoms with Crippen molar-refractivity contribution in [3.63, 3.8) is 0 Å². The third kappa shape index (κ3) is 4.77. The van der Waals surface area contributed by atoms with E-state index in [1.54, 1.807) is 18.3 Å². The van der Waals surface area contributed by atoms with Gasteiger partial charge in [-0.05, 0) is 38.0 Å². The Morgan fingerprint density at radius 3 is 2.57 bits per heavy atom. The van der Waals surface area contributed by atoms with Gasteiger partial charge >= 0.3 is 0 Å². The Kier molecular flexibility index (Phi) is 5.67. The summed E-state index contributed by atoms with van der Waals surface area (Å²) in [7, 11) is 0. The van der Waals surface area contributed by atoms with E-state index in [0.29, 0.717) is 6.54 Å². The molecule has 3 nitrogen and oxygen atoms in total. The van der Waals surface area contributed by atoms with E-state index in [0.717, 1.165) is 16.9 Å². The number of Topliss-reactive ketones (excluding diaryl/α,β-unsaturated/α-hetero) is 1. The molecule has 0 aliphatic carbocycles. The van der Waals surface area contributed by atoms with Crippen molar-refractivity contribution in [3.8, 4) is 0 Å². The maximum atomic E-state index is 11.3. The van der Waals surface area contributed by atoms with E-state index in [1.807, 2.05) is 42.5 Å². The highest BCUT2D eigenvalue weighted by Crippen LogP contribution is 2.19. The largest absolute Gasteiger partial charge is 0.387 e. The van der Waals surface area contributed by atoms with Crippen molar-refractivity contribution in [1.29, 1.82) is 0 Å². The fraction of sp³-hybridized carbons (Fsp3) is 0.353. The third-order valence-corrected chi connectivity index (χ3v) is 4.57. The summed E-state index contributed by atoms with van der Waals surface area (Å²) >= 11 is 1.55. The Morgan fingerprint density at radius 1 is 1.24 bits per heavy atom. The third-order valence-electron chi connectivity index (χ3n) is 3.36. The molecule has 0 aliphatic rings. The van der Waals surface area contributed by atoms with Crippen LogP contribution in [0.15, 0.2) is 42.5 Å². The number of hydrogen-bond acceptors (Lipinski definition) is 4. The number of aliphatic hydroxyl groups is 1. The monoisotopic (exact) mass is 303 g/mol. The van der Waals surface area contributed by atoms with E-state index in [1.165, 1.54) is 4.88 Å². The number of rotatable bonds is 7. The van der Waals surface area contributed by atoms with Gasteiger partial charge in [-0.15, -0.1) is 11.3 Å². The summed E-state index contributed by atoms with van der Waals surface area (Å²) in [5, 5.41) is 13.4. The standard InChI is InChI=1S/C17H21NO2S/c1-12(10-15-8-9-17(21-15)13(2)19)18-11-16(20)14-6-4-3-5-7-14/h3-9,12,16,18,20H,10-11H2,1-2H3. The minimum atomic E-state index is -0.496. The van der Waals surface area contributed by atoms with Crippen LogP contribution in [-0.2, 0) is 6.42 Å². The number of nitrogens with one attached hydrogen (secondary N) is 1. The Bertz CT molecular complexity index is 579. The molecule has 2 N–H and O–H groups in total. The van der Waals surface area contributed by atoms with Gasteiger partial charge in [-0.3, -0.25) is 4.79 Å². The average Bonchev–Trinajstić information content (AvgIpc) is 2.94. The van der Waals surface area contributed by atoms with Gasteiger partial charge in [-0.1, -0.05) is 30.3 Å². The first-order valence-electron chi connectivity index (χ1n) is 7.12. The lowest BCUT2D eigenvalue weighted by Gasteiger charge is -2.17. The molecule has 2 rings (SSSR count). The quantitative estimate of drug-likeness (QED) is 0.772. The summed E-state index contributed by atoms with van der Waals surface area (Å²) in [5.74, 6) is 0.117. The highest BCUT2D eigenvalue weighted by Gasteiger charge is 2.11. The predicted molar refractivity (Wildman–Crippen MR) is 86.9 cm³/mol. The van der Waals surface area contributed by atoms with Crippen LogP contribution in [0.25, 0.3) is 0 Å². The topological polar surface area (TPSA) is 49.3 Å². The van der Waals surface area contributed by atoms with Gasteiger partial charge in [0.15, 0.2) is 5.78 Å². The van der Waals surface area contributed by atoms with Gasteiger partial charge in [0.25, 0.3) is 0 Å². The van der Waals surface area contributed by atoms with E-state index >= 15 is 0 Å². The number of thiophene rings is 1. The van der Waals surface area contributed by atoms with E-state index < -0.39 is 6.10 Å². The second-order valence-corrected chi connectivity index (χ2v) is 6.43. The number of benzene rings is 1. The minimum Gasteiger partial charge on any atom is -0.387 e. The summed E-state index contributed by atoms with van der Waals surface area (Å²) in [6, 6.07) is 13.8. The molecule has 0 radical (unpaired) electrons. The molecule has 1 aromatic heterocycles. The van der Waals surface area contributed by atoms with Gasteiger partial charge in [-0.2, -0.15) is 0 Å². The van der Waals surface area contributed by atoms with Gasteiger partial charge in [0.1, 0.15) is 0 Å². The first-order chi connectivity index (χ1) is 10.1. The number of aliphatic hydroxyl groups excluding tert-OH is 1. The molecule has 0 saturated carbocycles. The zero-order chi connectivity index (χ0) is 15.2. The SMILES string of the molecule is CC(=O)c1ccc(CC(C)NCC(O)c2ccccc2)s1. The molecular formula is C17H21NO2S. The van der Waals surface area contributed by atoms with E-state index in [2.05, 4.69) is 12.2 Å². The molecule has 0 saturated heterocycles. The molecule has 0 aliphatic heterocycles. The highest BCUT2D eigenvalue weighted by atomic mass is 32.1. The molecule has 1 heterocycles. The minimum absolute atomic E-state index is 0.117. The maximum Gasteiger partial charge on any atom is 0.169 e. The van der Waals surface area contributed by atoms with Crippen LogP contribution in [0.1, 0.15) is 40.1 Å². The molecule has 2 atom stereocenters. The number of ketones is 1. The highest BCUT2D eigenvalue weighted by molar-refractivity contribution is 7.14. The van der Waals surface area contributed by atoms with Crippen molar-refractivity contribution in [3.05, 3.63) is 57.8 Å². The van der Waals surface area contributed by atoms with E-state index in [4.69, 9.17) is 0 Å². The smallest absolute Gasteiger partial charge is 0.169 e. The van der Waals surface area contributed by atoms with Gasteiger partial charge in [0.2, 0.25) is 0 Å². The lowest BCUT2D eigenvalue weighted by molar-refractivity contribution is 0.102. The summed E-state index contributed by atoms with van der Waals surface area (Å²) < 4.78 is 0. The zero-order valence-electron chi connectivity index (χ0n) is 12.4. The van der Waals surface area contributed by atoms with Crippen LogP contribution in [0.2, 0.25) is 0 Å². The Balaban J connectivity index is 1.81. The predicted octanol–water partition coefficient (Wildman–Crippen LogP) is 3.20. The molecule has 0 spiro atoms. The summed E-state index contributed by atoms with van der Waals surface area (Å²) in [6.07, 6.45) is 0.365. The molecule has 0 bridgehead atoms. The Labute approximate surface area is 129 Å². The second-order valence-electron chi connectivity index (χ2n) is 5.26. The molecule has 2 unspecified atom stereocenters. The number of hydrogen-bond donors (Lipinski definition) is 2. The fourth-order valence-electron chi connectivity index (χ4n) is 2.16. The first kappa shape index (κ1) is 15.9. The molecule has 112 valence electrons. The fourth-order valence-corrected chi connectivity index (χ4v) is 3.19. The summed E-state index contributed by atoms with van der Waals surface area (Å²) in [5.41, 5.74) is 0.923. The van der Waals surface area contributed by atoms with Crippen molar-refractivity contribution >= 4 is 17.1 Å². The second kappa shape index (κ2) is 7.50. The molecule has 2 aromatic rings. The van der Waals surface area contributed by atoms with E-state index in [-0.39, 0.29) is 11.8 Å². The van der Waals surface area contributed by atoms with Crippen molar-refractivity contribution in [2.75, 3.05) is 6.54 Å². The van der Waals surface area contributed by atoms with Crippen LogP contribution in [0.3, 0.4) is 0 Å². The van der Waals surface area contributed by atoms with Crippen LogP contribution in [0, 0.1) is 0 Å². The van der Waals surface area contributed by atoms with Crippen LogP contribution < -0.4 is 5.32 Å². The van der Waals surface area contributed by atoms with Gasteiger partial charge in [0, 0.05) is 17.5 Å². The van der Waals surface area contributed by atoms with Crippen molar-refractivity contribution in [2.24, 2.45) is 0 Å².